The fraction of sp³-hybridized carbons (Fsp3) is 0.667. The summed E-state index contributed by atoms with van der Waals surface area (Å²) in [6.07, 6.45) is 12.4. The van der Waals surface area contributed by atoms with Gasteiger partial charge in [0.25, 0.3) is 0 Å². The SMILES string of the molecule is Cl.Nc1cccc2c1CCCN2C(=O)C1CCC(NC(=O)CC2CCCCC2)CC1. The van der Waals surface area contributed by atoms with Gasteiger partial charge >= 0.3 is 0 Å². The van der Waals surface area contributed by atoms with Crippen LogP contribution in [0.3, 0.4) is 0 Å². The number of nitrogens with zero attached hydrogens (tertiary/aromatic N) is 1. The predicted octanol–water partition coefficient (Wildman–Crippen LogP) is 4.62. The van der Waals surface area contributed by atoms with Crippen LogP contribution < -0.4 is 16.0 Å². The van der Waals surface area contributed by atoms with Crippen LogP contribution in [0.1, 0.15) is 76.2 Å². The molecule has 0 atom stereocenters. The average molecular weight is 434 g/mol. The van der Waals surface area contributed by atoms with E-state index in [9.17, 15) is 9.59 Å². The monoisotopic (exact) mass is 433 g/mol. The van der Waals surface area contributed by atoms with Crippen molar-refractivity contribution in [2.24, 2.45) is 11.8 Å². The molecule has 2 saturated carbocycles. The molecule has 2 fully saturated rings. The van der Waals surface area contributed by atoms with E-state index in [4.69, 9.17) is 5.73 Å². The summed E-state index contributed by atoms with van der Waals surface area (Å²) in [5, 5.41) is 3.25. The van der Waals surface area contributed by atoms with Gasteiger partial charge in [0, 0.05) is 36.3 Å². The quantitative estimate of drug-likeness (QED) is 0.680. The van der Waals surface area contributed by atoms with E-state index in [1.807, 2.05) is 23.1 Å². The van der Waals surface area contributed by atoms with Gasteiger partial charge in [-0.05, 0) is 75.0 Å². The summed E-state index contributed by atoms with van der Waals surface area (Å²) in [5.41, 5.74) is 9.06. The van der Waals surface area contributed by atoms with Crippen molar-refractivity contribution < 1.29 is 9.59 Å². The number of carbonyl (C=O) groups is 2. The van der Waals surface area contributed by atoms with Crippen molar-refractivity contribution in [1.82, 2.24) is 5.32 Å². The Balaban J connectivity index is 0.00000256. The minimum Gasteiger partial charge on any atom is -0.398 e. The molecular weight excluding hydrogens is 398 g/mol. The summed E-state index contributed by atoms with van der Waals surface area (Å²) in [7, 11) is 0. The van der Waals surface area contributed by atoms with Crippen LogP contribution in [0.25, 0.3) is 0 Å². The summed E-state index contributed by atoms with van der Waals surface area (Å²) >= 11 is 0. The Bertz CT molecular complexity index is 740. The number of hydrogen-bond acceptors (Lipinski definition) is 3. The first-order chi connectivity index (χ1) is 14.1. The summed E-state index contributed by atoms with van der Waals surface area (Å²) < 4.78 is 0. The van der Waals surface area contributed by atoms with Gasteiger partial charge in [-0.15, -0.1) is 12.4 Å². The zero-order valence-electron chi connectivity index (χ0n) is 17.9. The number of halogens is 1. The molecule has 1 aromatic carbocycles. The molecule has 166 valence electrons. The molecule has 0 unspecified atom stereocenters. The van der Waals surface area contributed by atoms with Gasteiger partial charge in [0.2, 0.25) is 11.8 Å². The number of hydrogen-bond donors (Lipinski definition) is 2. The summed E-state index contributed by atoms with van der Waals surface area (Å²) in [5.74, 6) is 1.10. The van der Waals surface area contributed by atoms with Crippen LogP contribution >= 0.6 is 12.4 Å². The van der Waals surface area contributed by atoms with E-state index < -0.39 is 0 Å². The van der Waals surface area contributed by atoms with Gasteiger partial charge in [-0.2, -0.15) is 0 Å². The predicted molar refractivity (Wildman–Crippen MR) is 124 cm³/mol. The molecule has 30 heavy (non-hydrogen) atoms. The molecule has 0 spiro atoms. The molecule has 4 rings (SSSR count). The van der Waals surface area contributed by atoms with Gasteiger partial charge in [0.05, 0.1) is 0 Å². The molecular formula is C24H36ClN3O2. The van der Waals surface area contributed by atoms with Crippen molar-refractivity contribution in [2.45, 2.75) is 83.1 Å². The molecule has 3 aliphatic rings. The Labute approximate surface area is 186 Å². The van der Waals surface area contributed by atoms with Gasteiger partial charge < -0.3 is 16.0 Å². The minimum absolute atomic E-state index is 0. The van der Waals surface area contributed by atoms with E-state index in [2.05, 4.69) is 5.32 Å². The zero-order valence-corrected chi connectivity index (χ0v) is 18.7. The lowest BCUT2D eigenvalue weighted by atomic mass is 9.84. The van der Waals surface area contributed by atoms with E-state index in [1.54, 1.807) is 0 Å². The lowest BCUT2D eigenvalue weighted by molar-refractivity contribution is -0.124. The number of fused-ring (bicyclic) bond motifs is 1. The van der Waals surface area contributed by atoms with Gasteiger partial charge in [-0.25, -0.2) is 0 Å². The number of amides is 2. The van der Waals surface area contributed by atoms with Crippen molar-refractivity contribution in [2.75, 3.05) is 17.2 Å². The van der Waals surface area contributed by atoms with Gasteiger partial charge in [0.15, 0.2) is 0 Å². The number of carbonyl (C=O) groups excluding carboxylic acids is 2. The third-order valence-electron chi connectivity index (χ3n) is 7.19. The van der Waals surface area contributed by atoms with Gasteiger partial charge in [-0.3, -0.25) is 9.59 Å². The van der Waals surface area contributed by atoms with E-state index in [0.717, 1.165) is 62.0 Å². The van der Waals surface area contributed by atoms with E-state index in [1.165, 1.54) is 32.1 Å². The van der Waals surface area contributed by atoms with Crippen LogP contribution in [0.5, 0.6) is 0 Å². The topological polar surface area (TPSA) is 75.4 Å². The highest BCUT2D eigenvalue weighted by atomic mass is 35.5. The molecule has 2 amide bonds. The molecule has 1 aliphatic heterocycles. The maximum Gasteiger partial charge on any atom is 0.230 e. The van der Waals surface area contributed by atoms with Crippen molar-refractivity contribution >= 4 is 35.6 Å². The average Bonchev–Trinajstić information content (AvgIpc) is 2.74. The van der Waals surface area contributed by atoms with E-state index >= 15 is 0 Å². The largest absolute Gasteiger partial charge is 0.398 e. The van der Waals surface area contributed by atoms with E-state index in [-0.39, 0.29) is 36.2 Å². The van der Waals surface area contributed by atoms with Crippen LogP contribution in [-0.2, 0) is 16.0 Å². The van der Waals surface area contributed by atoms with Crippen LogP contribution in [0, 0.1) is 11.8 Å². The van der Waals surface area contributed by atoms with Crippen LogP contribution in [-0.4, -0.2) is 24.4 Å². The molecule has 1 heterocycles. The highest BCUT2D eigenvalue weighted by Crippen LogP contribution is 2.35. The Hall–Kier alpha value is -1.75. The number of nitrogens with one attached hydrogen (secondary N) is 1. The van der Waals surface area contributed by atoms with Crippen molar-refractivity contribution in [1.29, 1.82) is 0 Å². The molecule has 2 aliphatic carbocycles. The molecule has 3 N–H and O–H groups in total. The first-order valence-electron chi connectivity index (χ1n) is 11.6. The smallest absolute Gasteiger partial charge is 0.230 e. The van der Waals surface area contributed by atoms with Crippen molar-refractivity contribution in [3.63, 3.8) is 0 Å². The highest BCUT2D eigenvalue weighted by molar-refractivity contribution is 5.97. The highest BCUT2D eigenvalue weighted by Gasteiger charge is 2.33. The number of nitrogens with two attached hydrogens (primary N) is 1. The third kappa shape index (κ3) is 5.29. The molecule has 0 bridgehead atoms. The first kappa shape index (κ1) is 22.9. The number of rotatable bonds is 4. The standard InChI is InChI=1S/C24H35N3O2.ClH/c25-21-9-4-10-22-20(21)8-5-15-27(22)24(29)18-11-13-19(14-12-18)26-23(28)16-17-6-2-1-3-7-17;/h4,9-10,17-19H,1-3,5-8,11-16,25H2,(H,26,28);1H. The van der Waals surface area contributed by atoms with Crippen LogP contribution in [0.15, 0.2) is 18.2 Å². The second-order valence-corrected chi connectivity index (χ2v) is 9.26. The number of nitrogen functional groups attached to an aromatic ring is 1. The first-order valence-corrected chi connectivity index (χ1v) is 11.6. The molecule has 5 nitrogen and oxygen atoms in total. The lowest BCUT2D eigenvalue weighted by Crippen LogP contribution is -2.44. The van der Waals surface area contributed by atoms with Crippen molar-refractivity contribution in [3.8, 4) is 0 Å². The van der Waals surface area contributed by atoms with Crippen LogP contribution in [0.2, 0.25) is 0 Å². The molecule has 6 heteroatoms. The Morgan fingerprint density at radius 3 is 2.47 bits per heavy atom. The number of benzene rings is 1. The fourth-order valence-electron chi connectivity index (χ4n) is 5.53. The summed E-state index contributed by atoms with van der Waals surface area (Å²) in [4.78, 5) is 27.6. The van der Waals surface area contributed by atoms with E-state index in [0.29, 0.717) is 12.3 Å². The summed E-state index contributed by atoms with van der Waals surface area (Å²) in [6.45, 7) is 0.785. The minimum atomic E-state index is 0. The molecule has 1 aromatic rings. The molecule has 0 radical (unpaired) electrons. The second kappa shape index (κ2) is 10.5. The maximum absolute atomic E-state index is 13.2. The van der Waals surface area contributed by atoms with Crippen molar-refractivity contribution in [3.05, 3.63) is 23.8 Å². The van der Waals surface area contributed by atoms with Crippen LogP contribution in [0.4, 0.5) is 11.4 Å². The molecule has 0 saturated heterocycles. The Morgan fingerprint density at radius 1 is 1.00 bits per heavy atom. The van der Waals surface area contributed by atoms with Gasteiger partial charge in [0.1, 0.15) is 0 Å². The third-order valence-corrected chi connectivity index (χ3v) is 7.19. The molecule has 0 aromatic heterocycles. The lowest BCUT2D eigenvalue weighted by Gasteiger charge is -2.35. The normalized spacial score (nSPS) is 24.5. The van der Waals surface area contributed by atoms with Gasteiger partial charge in [-0.1, -0.05) is 25.3 Å². The second-order valence-electron chi connectivity index (χ2n) is 9.26. The fourth-order valence-corrected chi connectivity index (χ4v) is 5.53. The summed E-state index contributed by atoms with van der Waals surface area (Å²) in [6, 6.07) is 6.13. The number of anilines is 2. The Morgan fingerprint density at radius 2 is 1.73 bits per heavy atom. The Kier molecular flexibility index (Phi) is 8.04. The maximum atomic E-state index is 13.2. The zero-order chi connectivity index (χ0) is 20.2.